The van der Waals surface area contributed by atoms with Gasteiger partial charge in [-0.05, 0) is 25.2 Å². The molecule has 1 heteroatoms. The number of hydrogen-bond acceptors (Lipinski definition) is 1. The second-order valence-corrected chi connectivity index (χ2v) is 4.74. The van der Waals surface area contributed by atoms with Gasteiger partial charge in [-0.1, -0.05) is 39.0 Å². The number of fused-ring (bicyclic) bond motifs is 1. The largest absolute Gasteiger partial charge is 0.370 e. The zero-order valence-corrected chi connectivity index (χ0v) is 8.80. The Labute approximate surface area is 81.9 Å². The van der Waals surface area contributed by atoms with E-state index in [-0.39, 0.29) is 0 Å². The molecule has 0 spiro atoms. The second-order valence-electron chi connectivity index (χ2n) is 4.74. The van der Waals surface area contributed by atoms with Gasteiger partial charge in [-0.25, -0.2) is 0 Å². The first kappa shape index (κ1) is 9.51. The Morgan fingerprint density at radius 2 is 2.00 bits per heavy atom. The molecule has 0 radical (unpaired) electrons. The Balaban J connectivity index is 1.54. The Bertz CT molecular complexity index is 155. The highest BCUT2D eigenvalue weighted by atomic mass is 16.6. The first-order valence-corrected chi connectivity index (χ1v) is 6.05. The average Bonchev–Trinajstić information content (AvgIpc) is 2.90. The van der Waals surface area contributed by atoms with Crippen molar-refractivity contribution in [3.63, 3.8) is 0 Å². The van der Waals surface area contributed by atoms with E-state index in [0.717, 1.165) is 5.92 Å². The smallest absolute Gasteiger partial charge is 0.0844 e. The minimum absolute atomic E-state index is 0.685. The predicted octanol–water partition coefficient (Wildman–Crippen LogP) is 3.52. The molecule has 2 fully saturated rings. The van der Waals surface area contributed by atoms with Crippen LogP contribution < -0.4 is 0 Å². The summed E-state index contributed by atoms with van der Waals surface area (Å²) >= 11 is 0. The fraction of sp³-hybridized carbons (Fsp3) is 1.00. The molecule has 1 aliphatic carbocycles. The Morgan fingerprint density at radius 3 is 2.77 bits per heavy atom. The van der Waals surface area contributed by atoms with Gasteiger partial charge in [-0.2, -0.15) is 0 Å². The van der Waals surface area contributed by atoms with Crippen LogP contribution in [-0.2, 0) is 4.74 Å². The summed E-state index contributed by atoms with van der Waals surface area (Å²) in [4.78, 5) is 0. The van der Waals surface area contributed by atoms with Crippen LogP contribution in [0.3, 0.4) is 0 Å². The van der Waals surface area contributed by atoms with Gasteiger partial charge < -0.3 is 4.74 Å². The highest BCUT2D eigenvalue weighted by Crippen LogP contribution is 2.41. The first-order valence-electron chi connectivity index (χ1n) is 6.05. The molecule has 0 aromatic carbocycles. The van der Waals surface area contributed by atoms with Crippen molar-refractivity contribution in [1.82, 2.24) is 0 Å². The third-order valence-corrected chi connectivity index (χ3v) is 3.58. The van der Waals surface area contributed by atoms with E-state index in [1.165, 1.54) is 51.4 Å². The lowest BCUT2D eigenvalue weighted by Crippen LogP contribution is -2.13. The lowest BCUT2D eigenvalue weighted by molar-refractivity contribution is 0.343. The summed E-state index contributed by atoms with van der Waals surface area (Å²) in [6.45, 7) is 2.28. The molecule has 2 rings (SSSR count). The minimum atomic E-state index is 0.685. The molecule has 0 N–H and O–H groups in total. The maximum absolute atomic E-state index is 5.54. The quantitative estimate of drug-likeness (QED) is 0.468. The SMILES string of the molecule is CCCCCCC1CCC2OC2C1. The van der Waals surface area contributed by atoms with E-state index in [1.807, 2.05) is 0 Å². The van der Waals surface area contributed by atoms with Gasteiger partial charge in [0.05, 0.1) is 12.2 Å². The van der Waals surface area contributed by atoms with E-state index < -0.39 is 0 Å². The van der Waals surface area contributed by atoms with Gasteiger partial charge in [0.25, 0.3) is 0 Å². The number of unbranched alkanes of at least 4 members (excludes halogenated alkanes) is 3. The molecule has 3 atom stereocenters. The van der Waals surface area contributed by atoms with Gasteiger partial charge >= 0.3 is 0 Å². The van der Waals surface area contributed by atoms with Gasteiger partial charge in [-0.3, -0.25) is 0 Å². The van der Waals surface area contributed by atoms with Crippen LogP contribution in [0.2, 0.25) is 0 Å². The van der Waals surface area contributed by atoms with E-state index in [2.05, 4.69) is 6.92 Å². The summed E-state index contributed by atoms with van der Waals surface area (Å²) in [5.74, 6) is 1.00. The molecular weight excluding hydrogens is 160 g/mol. The first-order chi connectivity index (χ1) is 6.40. The van der Waals surface area contributed by atoms with Crippen molar-refractivity contribution in [2.24, 2.45) is 5.92 Å². The van der Waals surface area contributed by atoms with E-state index in [4.69, 9.17) is 4.74 Å². The highest BCUT2D eigenvalue weighted by Gasteiger charge is 2.43. The summed E-state index contributed by atoms with van der Waals surface area (Å²) in [7, 11) is 0. The Kier molecular flexibility index (Phi) is 3.26. The van der Waals surface area contributed by atoms with Crippen LogP contribution in [0.15, 0.2) is 0 Å². The summed E-state index contributed by atoms with van der Waals surface area (Å²) in [6.07, 6.45) is 12.7. The fourth-order valence-electron chi connectivity index (χ4n) is 2.61. The standard InChI is InChI=1S/C12H22O/c1-2-3-4-5-6-10-7-8-11-12(9-10)13-11/h10-12H,2-9H2,1H3. The van der Waals surface area contributed by atoms with Crippen LogP contribution >= 0.6 is 0 Å². The molecule has 3 unspecified atom stereocenters. The minimum Gasteiger partial charge on any atom is -0.370 e. The molecule has 1 nitrogen and oxygen atoms in total. The molecule has 0 aromatic rings. The third-order valence-electron chi connectivity index (χ3n) is 3.58. The Hall–Kier alpha value is -0.0400. The molecule has 13 heavy (non-hydrogen) atoms. The van der Waals surface area contributed by atoms with Gasteiger partial charge in [0.2, 0.25) is 0 Å². The third kappa shape index (κ3) is 2.70. The highest BCUT2D eigenvalue weighted by molar-refractivity contribution is 4.91. The zero-order chi connectivity index (χ0) is 9.10. The van der Waals surface area contributed by atoms with Crippen LogP contribution in [0.25, 0.3) is 0 Å². The lowest BCUT2D eigenvalue weighted by atomic mass is 9.85. The molecular formula is C12H22O. The normalized spacial score (nSPS) is 37.2. The molecule has 76 valence electrons. The van der Waals surface area contributed by atoms with Gasteiger partial charge in [0, 0.05) is 0 Å². The zero-order valence-electron chi connectivity index (χ0n) is 8.80. The molecule has 1 saturated carbocycles. The van der Waals surface area contributed by atoms with Crippen molar-refractivity contribution >= 4 is 0 Å². The predicted molar refractivity (Wildman–Crippen MR) is 54.8 cm³/mol. The maximum atomic E-state index is 5.54. The van der Waals surface area contributed by atoms with Crippen LogP contribution in [-0.4, -0.2) is 12.2 Å². The molecule has 1 heterocycles. The number of epoxide rings is 1. The monoisotopic (exact) mass is 182 g/mol. The molecule has 1 aliphatic heterocycles. The van der Waals surface area contributed by atoms with Crippen LogP contribution in [0.4, 0.5) is 0 Å². The summed E-state index contributed by atoms with van der Waals surface area (Å²) in [5, 5.41) is 0. The van der Waals surface area contributed by atoms with Crippen molar-refractivity contribution < 1.29 is 4.74 Å². The molecule has 0 aromatic heterocycles. The number of rotatable bonds is 5. The summed E-state index contributed by atoms with van der Waals surface area (Å²) < 4.78 is 5.54. The molecule has 0 bridgehead atoms. The van der Waals surface area contributed by atoms with Crippen molar-refractivity contribution in [3.8, 4) is 0 Å². The fourth-order valence-corrected chi connectivity index (χ4v) is 2.61. The molecule has 0 amide bonds. The van der Waals surface area contributed by atoms with Crippen molar-refractivity contribution in [2.75, 3.05) is 0 Å². The average molecular weight is 182 g/mol. The molecule has 1 saturated heterocycles. The van der Waals surface area contributed by atoms with Gasteiger partial charge in [0.1, 0.15) is 0 Å². The van der Waals surface area contributed by atoms with Gasteiger partial charge in [-0.15, -0.1) is 0 Å². The number of ether oxygens (including phenoxy) is 1. The number of hydrogen-bond donors (Lipinski definition) is 0. The topological polar surface area (TPSA) is 12.5 Å². The van der Waals surface area contributed by atoms with Gasteiger partial charge in [0.15, 0.2) is 0 Å². The van der Waals surface area contributed by atoms with E-state index in [9.17, 15) is 0 Å². The van der Waals surface area contributed by atoms with E-state index in [1.54, 1.807) is 0 Å². The summed E-state index contributed by atoms with van der Waals surface area (Å²) in [6, 6.07) is 0. The van der Waals surface area contributed by atoms with Crippen molar-refractivity contribution in [2.45, 2.75) is 70.5 Å². The maximum Gasteiger partial charge on any atom is 0.0844 e. The van der Waals surface area contributed by atoms with Crippen molar-refractivity contribution in [3.05, 3.63) is 0 Å². The van der Waals surface area contributed by atoms with E-state index >= 15 is 0 Å². The van der Waals surface area contributed by atoms with Crippen molar-refractivity contribution in [1.29, 1.82) is 0 Å². The van der Waals surface area contributed by atoms with Crippen LogP contribution in [0.5, 0.6) is 0 Å². The van der Waals surface area contributed by atoms with E-state index in [0.29, 0.717) is 12.2 Å². The Morgan fingerprint density at radius 1 is 1.08 bits per heavy atom. The van der Waals surface area contributed by atoms with Crippen LogP contribution in [0.1, 0.15) is 58.3 Å². The second kappa shape index (κ2) is 4.45. The molecule has 2 aliphatic rings. The summed E-state index contributed by atoms with van der Waals surface area (Å²) in [5.41, 5.74) is 0. The van der Waals surface area contributed by atoms with Crippen LogP contribution in [0, 0.1) is 5.92 Å². The lowest BCUT2D eigenvalue weighted by Gasteiger charge is -2.18.